The zero-order chi connectivity index (χ0) is 10.6. The Bertz CT molecular complexity index is 350. The summed E-state index contributed by atoms with van der Waals surface area (Å²) in [5.74, 6) is 0.282. The lowest BCUT2D eigenvalue weighted by atomic mass is 10.3. The summed E-state index contributed by atoms with van der Waals surface area (Å²) in [6.07, 6.45) is 1.71. The standard InChI is InChI=1S/C10H12BrFN2/c1-2-3-10(13)14-9-5-4-7(12)6-8(9)11/h4-6H,2-3H2,1H3,(H2,13,14). The van der Waals surface area contributed by atoms with Crippen LogP contribution in [0.3, 0.4) is 0 Å². The number of hydrogen-bond acceptors (Lipinski definition) is 1. The van der Waals surface area contributed by atoms with Crippen molar-refractivity contribution in [3.63, 3.8) is 0 Å². The van der Waals surface area contributed by atoms with Crippen LogP contribution in [0.5, 0.6) is 0 Å². The normalized spacial score (nSPS) is 11.8. The van der Waals surface area contributed by atoms with Gasteiger partial charge >= 0.3 is 0 Å². The fourth-order valence-corrected chi connectivity index (χ4v) is 1.48. The first-order valence-electron chi connectivity index (χ1n) is 4.41. The van der Waals surface area contributed by atoms with Gasteiger partial charge in [-0.15, -0.1) is 0 Å². The van der Waals surface area contributed by atoms with Crippen LogP contribution in [-0.2, 0) is 0 Å². The molecule has 0 saturated heterocycles. The maximum Gasteiger partial charge on any atom is 0.124 e. The van der Waals surface area contributed by atoms with Gasteiger partial charge in [0.2, 0.25) is 0 Å². The van der Waals surface area contributed by atoms with Crippen LogP contribution in [0, 0.1) is 5.82 Å². The van der Waals surface area contributed by atoms with Crippen LogP contribution in [0.25, 0.3) is 0 Å². The maximum atomic E-state index is 12.7. The van der Waals surface area contributed by atoms with E-state index in [1.165, 1.54) is 12.1 Å². The van der Waals surface area contributed by atoms with E-state index in [9.17, 15) is 4.39 Å². The molecule has 0 aliphatic carbocycles. The molecule has 0 radical (unpaired) electrons. The molecule has 0 aliphatic heterocycles. The minimum atomic E-state index is -0.287. The number of hydrogen-bond donors (Lipinski definition) is 1. The molecule has 0 unspecified atom stereocenters. The Balaban J connectivity index is 2.91. The van der Waals surface area contributed by atoms with E-state index >= 15 is 0 Å². The lowest BCUT2D eigenvalue weighted by molar-refractivity contribution is 0.627. The largest absolute Gasteiger partial charge is 0.387 e. The molecule has 0 heterocycles. The first kappa shape index (κ1) is 11.2. The Hall–Kier alpha value is -0.900. The molecule has 0 aliphatic rings. The Kier molecular flexibility index (Phi) is 4.07. The van der Waals surface area contributed by atoms with E-state index in [1.807, 2.05) is 6.92 Å². The van der Waals surface area contributed by atoms with Crippen molar-refractivity contribution in [2.45, 2.75) is 19.8 Å². The summed E-state index contributed by atoms with van der Waals surface area (Å²) in [7, 11) is 0. The third-order valence-corrected chi connectivity index (χ3v) is 2.32. The Morgan fingerprint density at radius 2 is 2.29 bits per heavy atom. The van der Waals surface area contributed by atoms with E-state index in [1.54, 1.807) is 6.07 Å². The van der Waals surface area contributed by atoms with Crippen molar-refractivity contribution in [3.8, 4) is 0 Å². The van der Waals surface area contributed by atoms with E-state index < -0.39 is 0 Å². The number of nitrogens with zero attached hydrogens (tertiary/aromatic N) is 1. The summed E-state index contributed by atoms with van der Waals surface area (Å²) in [6, 6.07) is 4.34. The molecule has 0 spiro atoms. The molecular weight excluding hydrogens is 247 g/mol. The zero-order valence-electron chi connectivity index (χ0n) is 7.93. The number of nitrogens with two attached hydrogens (primary N) is 1. The quantitative estimate of drug-likeness (QED) is 0.655. The van der Waals surface area contributed by atoms with Gasteiger partial charge in [0.1, 0.15) is 5.82 Å². The molecule has 1 aromatic carbocycles. The van der Waals surface area contributed by atoms with Gasteiger partial charge in [-0.05, 0) is 40.5 Å². The molecule has 2 N–H and O–H groups in total. The van der Waals surface area contributed by atoms with Gasteiger partial charge in [-0.2, -0.15) is 0 Å². The third kappa shape index (κ3) is 3.10. The van der Waals surface area contributed by atoms with E-state index in [4.69, 9.17) is 5.73 Å². The first-order valence-corrected chi connectivity index (χ1v) is 5.21. The summed E-state index contributed by atoms with van der Waals surface area (Å²) in [5, 5.41) is 0. The number of amidine groups is 1. The van der Waals surface area contributed by atoms with Gasteiger partial charge < -0.3 is 5.73 Å². The molecule has 2 nitrogen and oxygen atoms in total. The van der Waals surface area contributed by atoms with Crippen LogP contribution >= 0.6 is 15.9 Å². The average Bonchev–Trinajstić information content (AvgIpc) is 2.10. The molecule has 0 bridgehead atoms. The van der Waals surface area contributed by atoms with Crippen molar-refractivity contribution in [2.75, 3.05) is 0 Å². The second kappa shape index (κ2) is 5.10. The summed E-state index contributed by atoms with van der Waals surface area (Å²) >= 11 is 3.22. The smallest absolute Gasteiger partial charge is 0.124 e. The first-order chi connectivity index (χ1) is 6.63. The van der Waals surface area contributed by atoms with Gasteiger partial charge in [0.05, 0.1) is 11.5 Å². The van der Waals surface area contributed by atoms with Crippen molar-refractivity contribution in [1.82, 2.24) is 0 Å². The number of halogens is 2. The average molecular weight is 259 g/mol. The Morgan fingerprint density at radius 3 is 2.86 bits per heavy atom. The molecule has 1 aromatic rings. The van der Waals surface area contributed by atoms with Gasteiger partial charge in [0, 0.05) is 10.9 Å². The molecule has 0 amide bonds. The maximum absolute atomic E-state index is 12.7. The van der Waals surface area contributed by atoms with E-state index in [0.29, 0.717) is 16.0 Å². The highest BCUT2D eigenvalue weighted by atomic mass is 79.9. The third-order valence-electron chi connectivity index (χ3n) is 1.68. The Labute approximate surface area is 91.2 Å². The van der Waals surface area contributed by atoms with Crippen LogP contribution in [0.4, 0.5) is 10.1 Å². The summed E-state index contributed by atoms with van der Waals surface area (Å²) in [5.41, 5.74) is 6.32. The van der Waals surface area contributed by atoms with Crippen LogP contribution in [0.2, 0.25) is 0 Å². The minimum absolute atomic E-state index is 0.287. The SMILES string of the molecule is CCCC(N)=Nc1ccc(F)cc1Br. The second-order valence-corrected chi connectivity index (χ2v) is 3.80. The predicted octanol–water partition coefficient (Wildman–Crippen LogP) is 3.38. The fourth-order valence-electron chi connectivity index (χ4n) is 1.04. The van der Waals surface area contributed by atoms with Crippen LogP contribution in [0.1, 0.15) is 19.8 Å². The predicted molar refractivity (Wildman–Crippen MR) is 60.3 cm³/mol. The van der Waals surface area contributed by atoms with E-state index in [0.717, 1.165) is 12.8 Å². The minimum Gasteiger partial charge on any atom is -0.387 e. The molecular formula is C10H12BrFN2. The summed E-state index contributed by atoms with van der Waals surface area (Å²) < 4.78 is 13.3. The lowest BCUT2D eigenvalue weighted by Crippen LogP contribution is -2.09. The monoisotopic (exact) mass is 258 g/mol. The number of rotatable bonds is 3. The fraction of sp³-hybridized carbons (Fsp3) is 0.300. The van der Waals surface area contributed by atoms with Gasteiger partial charge in [-0.3, -0.25) is 0 Å². The van der Waals surface area contributed by atoms with Crippen molar-refractivity contribution in [1.29, 1.82) is 0 Å². The van der Waals surface area contributed by atoms with Crippen molar-refractivity contribution >= 4 is 27.5 Å². The second-order valence-electron chi connectivity index (χ2n) is 2.95. The molecule has 0 fully saturated rings. The molecule has 4 heteroatoms. The zero-order valence-corrected chi connectivity index (χ0v) is 9.51. The van der Waals surface area contributed by atoms with Crippen molar-refractivity contribution in [3.05, 3.63) is 28.5 Å². The van der Waals surface area contributed by atoms with Gasteiger partial charge in [0.15, 0.2) is 0 Å². The van der Waals surface area contributed by atoms with Crippen molar-refractivity contribution in [2.24, 2.45) is 10.7 Å². The van der Waals surface area contributed by atoms with Gasteiger partial charge in [-0.25, -0.2) is 9.38 Å². The number of aliphatic imine (C=N–C) groups is 1. The highest BCUT2D eigenvalue weighted by molar-refractivity contribution is 9.10. The highest BCUT2D eigenvalue weighted by Gasteiger charge is 2.00. The van der Waals surface area contributed by atoms with E-state index in [-0.39, 0.29) is 5.82 Å². The molecule has 0 saturated carbocycles. The van der Waals surface area contributed by atoms with Gasteiger partial charge in [0.25, 0.3) is 0 Å². The molecule has 0 atom stereocenters. The van der Waals surface area contributed by atoms with Gasteiger partial charge in [-0.1, -0.05) is 6.92 Å². The topological polar surface area (TPSA) is 38.4 Å². The lowest BCUT2D eigenvalue weighted by Gasteiger charge is -2.01. The highest BCUT2D eigenvalue weighted by Crippen LogP contribution is 2.25. The van der Waals surface area contributed by atoms with Crippen LogP contribution in [-0.4, -0.2) is 5.84 Å². The molecule has 1 rings (SSSR count). The van der Waals surface area contributed by atoms with Crippen LogP contribution < -0.4 is 5.73 Å². The molecule has 76 valence electrons. The Morgan fingerprint density at radius 1 is 1.57 bits per heavy atom. The summed E-state index contributed by atoms with van der Waals surface area (Å²) in [4.78, 5) is 4.17. The van der Waals surface area contributed by atoms with E-state index in [2.05, 4.69) is 20.9 Å². The number of benzene rings is 1. The van der Waals surface area contributed by atoms with Crippen molar-refractivity contribution < 1.29 is 4.39 Å². The molecule has 14 heavy (non-hydrogen) atoms. The summed E-state index contributed by atoms with van der Waals surface area (Å²) in [6.45, 7) is 2.03. The molecule has 0 aromatic heterocycles. The van der Waals surface area contributed by atoms with Crippen LogP contribution in [0.15, 0.2) is 27.7 Å².